The second kappa shape index (κ2) is 6.31. The predicted molar refractivity (Wildman–Crippen MR) is 72.1 cm³/mol. The number of carbonyl (C=O) groups is 2. The maximum atomic E-state index is 11.6. The number of nitrogens with zero attached hydrogens (tertiary/aromatic N) is 3. The summed E-state index contributed by atoms with van der Waals surface area (Å²) in [6, 6.07) is 3.28. The van der Waals surface area contributed by atoms with Crippen LogP contribution in [0.15, 0.2) is 12.1 Å². The Balaban J connectivity index is 1.93. The third-order valence-corrected chi connectivity index (χ3v) is 3.34. The molecule has 0 aliphatic carbocycles. The fourth-order valence-electron chi connectivity index (χ4n) is 2.23. The minimum atomic E-state index is -0.593. The van der Waals surface area contributed by atoms with E-state index in [9.17, 15) is 9.59 Å². The van der Waals surface area contributed by atoms with Crippen LogP contribution in [0.1, 0.15) is 30.3 Å². The smallest absolute Gasteiger partial charge is 0.309 e. The lowest BCUT2D eigenvalue weighted by Gasteiger charge is -2.31. The monoisotopic (exact) mass is 278 g/mol. The lowest BCUT2D eigenvalue weighted by molar-refractivity contribution is -0.148. The first kappa shape index (κ1) is 14.2. The van der Waals surface area contributed by atoms with Crippen LogP contribution in [0, 0.1) is 5.92 Å². The van der Waals surface area contributed by atoms with E-state index in [0.29, 0.717) is 25.5 Å². The van der Waals surface area contributed by atoms with Gasteiger partial charge < -0.3 is 15.4 Å². The molecular formula is C13H18N4O3. The highest BCUT2D eigenvalue weighted by molar-refractivity contribution is 5.90. The van der Waals surface area contributed by atoms with Crippen molar-refractivity contribution in [3.05, 3.63) is 17.8 Å². The van der Waals surface area contributed by atoms with Gasteiger partial charge in [-0.05, 0) is 31.9 Å². The van der Waals surface area contributed by atoms with Gasteiger partial charge in [-0.3, -0.25) is 9.59 Å². The molecule has 1 aromatic heterocycles. The van der Waals surface area contributed by atoms with Crippen molar-refractivity contribution >= 4 is 17.7 Å². The molecule has 7 heteroatoms. The van der Waals surface area contributed by atoms with Gasteiger partial charge >= 0.3 is 5.97 Å². The Bertz CT molecular complexity index is 481. The summed E-state index contributed by atoms with van der Waals surface area (Å²) < 4.78 is 5.03. The van der Waals surface area contributed by atoms with E-state index >= 15 is 0 Å². The van der Waals surface area contributed by atoms with Gasteiger partial charge in [0.15, 0.2) is 11.5 Å². The minimum Gasteiger partial charge on any atom is -0.466 e. The molecule has 0 atom stereocenters. The van der Waals surface area contributed by atoms with E-state index in [1.165, 1.54) is 0 Å². The Morgan fingerprint density at radius 1 is 1.35 bits per heavy atom. The van der Waals surface area contributed by atoms with Gasteiger partial charge in [-0.25, -0.2) is 0 Å². The number of amides is 1. The number of carbonyl (C=O) groups excluding carboxylic acids is 2. The highest BCUT2D eigenvalue weighted by Gasteiger charge is 2.26. The molecule has 0 bridgehead atoms. The van der Waals surface area contributed by atoms with Crippen LogP contribution in [-0.4, -0.2) is 41.8 Å². The van der Waals surface area contributed by atoms with Crippen molar-refractivity contribution in [3.8, 4) is 0 Å². The molecule has 1 saturated heterocycles. The Morgan fingerprint density at radius 3 is 2.55 bits per heavy atom. The van der Waals surface area contributed by atoms with Crippen molar-refractivity contribution in [2.24, 2.45) is 11.7 Å². The quantitative estimate of drug-likeness (QED) is 0.798. The SMILES string of the molecule is CCOC(=O)C1CCN(c2ccc(C(N)=O)nn2)CC1. The van der Waals surface area contributed by atoms with E-state index < -0.39 is 5.91 Å². The van der Waals surface area contributed by atoms with Gasteiger partial charge in [-0.15, -0.1) is 10.2 Å². The zero-order valence-corrected chi connectivity index (χ0v) is 11.4. The Hall–Kier alpha value is -2.18. The van der Waals surface area contributed by atoms with Crippen molar-refractivity contribution in [3.63, 3.8) is 0 Å². The second-order valence-corrected chi connectivity index (χ2v) is 4.65. The zero-order chi connectivity index (χ0) is 14.5. The molecule has 7 nitrogen and oxygen atoms in total. The lowest BCUT2D eigenvalue weighted by atomic mass is 9.97. The van der Waals surface area contributed by atoms with Crippen LogP contribution in [0.25, 0.3) is 0 Å². The topological polar surface area (TPSA) is 98.4 Å². The maximum absolute atomic E-state index is 11.6. The third-order valence-electron chi connectivity index (χ3n) is 3.34. The van der Waals surface area contributed by atoms with Gasteiger partial charge in [0.05, 0.1) is 12.5 Å². The van der Waals surface area contributed by atoms with E-state index in [1.807, 2.05) is 11.8 Å². The first-order chi connectivity index (χ1) is 9.61. The summed E-state index contributed by atoms with van der Waals surface area (Å²) in [6.07, 6.45) is 1.47. The fraction of sp³-hybridized carbons (Fsp3) is 0.538. The number of hydrogen-bond acceptors (Lipinski definition) is 6. The lowest BCUT2D eigenvalue weighted by Crippen LogP contribution is -2.37. The van der Waals surface area contributed by atoms with Crippen LogP contribution in [0.2, 0.25) is 0 Å². The number of aromatic nitrogens is 2. The zero-order valence-electron chi connectivity index (χ0n) is 11.4. The molecular weight excluding hydrogens is 260 g/mol. The molecule has 0 aromatic carbocycles. The summed E-state index contributed by atoms with van der Waals surface area (Å²) in [5.41, 5.74) is 5.26. The Morgan fingerprint density at radius 2 is 2.05 bits per heavy atom. The number of ether oxygens (including phenoxy) is 1. The van der Waals surface area contributed by atoms with Crippen LogP contribution in [-0.2, 0) is 9.53 Å². The van der Waals surface area contributed by atoms with Gasteiger partial charge in [0.2, 0.25) is 0 Å². The summed E-state index contributed by atoms with van der Waals surface area (Å²) in [6.45, 7) is 3.66. The largest absolute Gasteiger partial charge is 0.466 e. The second-order valence-electron chi connectivity index (χ2n) is 4.65. The van der Waals surface area contributed by atoms with E-state index in [0.717, 1.165) is 12.8 Å². The normalized spacial score (nSPS) is 15.9. The predicted octanol–water partition coefficient (Wildman–Crippen LogP) is 0.355. The van der Waals surface area contributed by atoms with Gasteiger partial charge in [-0.1, -0.05) is 0 Å². The van der Waals surface area contributed by atoms with Gasteiger partial charge in [0.25, 0.3) is 5.91 Å². The summed E-state index contributed by atoms with van der Waals surface area (Å²) >= 11 is 0. The molecule has 1 aliphatic heterocycles. The number of anilines is 1. The molecule has 20 heavy (non-hydrogen) atoms. The van der Waals surface area contributed by atoms with Gasteiger partial charge in [0.1, 0.15) is 0 Å². The van der Waals surface area contributed by atoms with Gasteiger partial charge in [0, 0.05) is 13.1 Å². The fourth-order valence-corrected chi connectivity index (χ4v) is 2.23. The number of esters is 1. The van der Waals surface area contributed by atoms with E-state index in [-0.39, 0.29) is 17.6 Å². The molecule has 1 amide bonds. The standard InChI is InChI=1S/C13H18N4O3/c1-2-20-13(19)9-5-7-17(8-6-9)11-4-3-10(12(14)18)15-16-11/h3-4,9H,2,5-8H2,1H3,(H2,14,18). The molecule has 0 unspecified atom stereocenters. The number of nitrogens with two attached hydrogens (primary N) is 1. The van der Waals surface area contributed by atoms with E-state index in [1.54, 1.807) is 12.1 Å². The third kappa shape index (κ3) is 3.23. The Labute approximate surface area is 117 Å². The maximum Gasteiger partial charge on any atom is 0.309 e. The molecule has 108 valence electrons. The summed E-state index contributed by atoms with van der Waals surface area (Å²) in [7, 11) is 0. The van der Waals surface area contributed by atoms with E-state index in [2.05, 4.69) is 10.2 Å². The van der Waals surface area contributed by atoms with Crippen molar-refractivity contribution < 1.29 is 14.3 Å². The van der Waals surface area contributed by atoms with Crippen LogP contribution in [0.5, 0.6) is 0 Å². The van der Waals surface area contributed by atoms with Crippen LogP contribution in [0.3, 0.4) is 0 Å². The highest BCUT2D eigenvalue weighted by atomic mass is 16.5. The number of rotatable bonds is 4. The number of piperidine rings is 1. The molecule has 2 heterocycles. The first-order valence-corrected chi connectivity index (χ1v) is 6.67. The Kier molecular flexibility index (Phi) is 4.49. The molecule has 2 N–H and O–H groups in total. The molecule has 1 aliphatic rings. The van der Waals surface area contributed by atoms with E-state index in [4.69, 9.17) is 10.5 Å². The van der Waals surface area contributed by atoms with Gasteiger partial charge in [-0.2, -0.15) is 0 Å². The molecule has 0 saturated carbocycles. The first-order valence-electron chi connectivity index (χ1n) is 6.67. The van der Waals surface area contributed by atoms with Crippen molar-refractivity contribution in [2.75, 3.05) is 24.6 Å². The molecule has 1 fully saturated rings. The summed E-state index contributed by atoms with van der Waals surface area (Å²) in [5.74, 6) is -0.0614. The average Bonchev–Trinajstić information content (AvgIpc) is 2.48. The average molecular weight is 278 g/mol. The van der Waals surface area contributed by atoms with Crippen LogP contribution < -0.4 is 10.6 Å². The number of primary amides is 1. The van der Waals surface area contributed by atoms with Crippen molar-refractivity contribution in [1.29, 1.82) is 0 Å². The highest BCUT2D eigenvalue weighted by Crippen LogP contribution is 2.22. The molecule has 0 spiro atoms. The van der Waals surface area contributed by atoms with Crippen molar-refractivity contribution in [2.45, 2.75) is 19.8 Å². The molecule has 2 rings (SSSR count). The summed E-state index contributed by atoms with van der Waals surface area (Å²) in [4.78, 5) is 24.6. The summed E-state index contributed by atoms with van der Waals surface area (Å²) in [5, 5.41) is 7.77. The minimum absolute atomic E-state index is 0.0379. The molecule has 0 radical (unpaired) electrons. The van der Waals surface area contributed by atoms with Crippen molar-refractivity contribution in [1.82, 2.24) is 10.2 Å². The van der Waals surface area contributed by atoms with Crippen LogP contribution in [0.4, 0.5) is 5.82 Å². The van der Waals surface area contributed by atoms with Crippen LogP contribution >= 0.6 is 0 Å². The molecule has 1 aromatic rings. The number of hydrogen-bond donors (Lipinski definition) is 1.